The Kier molecular flexibility index (Phi) is 4.82. The maximum absolute atomic E-state index is 12.4. The molecule has 0 spiro atoms. The lowest BCUT2D eigenvalue weighted by atomic mass is 9.66. The predicted octanol–water partition coefficient (Wildman–Crippen LogP) is 5.23. The van der Waals surface area contributed by atoms with Crippen molar-refractivity contribution in [2.75, 3.05) is 0 Å². The highest BCUT2D eigenvalue weighted by molar-refractivity contribution is 5.89. The fourth-order valence-electron chi connectivity index (χ4n) is 4.29. The molecule has 148 valence electrons. The lowest BCUT2D eigenvalue weighted by Gasteiger charge is -2.47. The molecule has 0 bridgehead atoms. The molecule has 0 amide bonds. The number of ether oxygens (including phenoxy) is 2. The first-order valence-electron chi connectivity index (χ1n) is 9.86. The Bertz CT molecular complexity index is 780. The topological polar surface area (TPSA) is 55.8 Å². The van der Waals surface area contributed by atoms with Gasteiger partial charge >= 0.3 is 5.97 Å². The van der Waals surface area contributed by atoms with E-state index in [9.17, 15) is 9.90 Å². The van der Waals surface area contributed by atoms with E-state index in [1.165, 1.54) is 0 Å². The molecule has 4 heteroatoms. The molecule has 0 unspecified atom stereocenters. The number of fused-ring (bicyclic) bond motifs is 3. The van der Waals surface area contributed by atoms with E-state index in [0.717, 1.165) is 23.3 Å². The van der Waals surface area contributed by atoms with Gasteiger partial charge in [0.1, 0.15) is 17.1 Å². The van der Waals surface area contributed by atoms with Crippen molar-refractivity contribution in [3.05, 3.63) is 34.9 Å². The second-order valence-electron chi connectivity index (χ2n) is 9.70. The first kappa shape index (κ1) is 19.8. The third-order valence-corrected chi connectivity index (χ3v) is 5.77. The summed E-state index contributed by atoms with van der Waals surface area (Å²) in [7, 11) is 0. The molecule has 1 heterocycles. The van der Waals surface area contributed by atoms with Crippen LogP contribution in [-0.2, 0) is 14.9 Å². The van der Waals surface area contributed by atoms with Crippen LogP contribution in [0.3, 0.4) is 0 Å². The molecule has 0 radical (unpaired) electrons. The maximum Gasteiger partial charge on any atom is 0.333 e. The van der Waals surface area contributed by atoms with Crippen molar-refractivity contribution < 1.29 is 19.4 Å². The van der Waals surface area contributed by atoms with Crippen LogP contribution in [0.2, 0.25) is 0 Å². The van der Waals surface area contributed by atoms with Gasteiger partial charge in [0, 0.05) is 23.0 Å². The molecule has 4 nitrogen and oxygen atoms in total. The fourth-order valence-corrected chi connectivity index (χ4v) is 4.29. The molecule has 27 heavy (non-hydrogen) atoms. The van der Waals surface area contributed by atoms with Crippen LogP contribution in [0.15, 0.2) is 23.8 Å². The molecule has 0 saturated carbocycles. The Balaban J connectivity index is 2.03. The highest BCUT2D eigenvalue weighted by atomic mass is 16.5. The van der Waals surface area contributed by atoms with E-state index in [1.54, 1.807) is 0 Å². The normalized spacial score (nSPS) is 23.8. The molecule has 1 aromatic carbocycles. The number of phenols is 1. The summed E-state index contributed by atoms with van der Waals surface area (Å²) in [5, 5.41) is 10.9. The number of hydrogen-bond donors (Lipinski definition) is 1. The zero-order valence-electron chi connectivity index (χ0n) is 17.6. The molecule has 3 rings (SSSR count). The zero-order valence-corrected chi connectivity index (χ0v) is 17.6. The second kappa shape index (κ2) is 6.57. The van der Waals surface area contributed by atoms with Gasteiger partial charge in [-0.3, -0.25) is 0 Å². The lowest BCUT2D eigenvalue weighted by molar-refractivity contribution is -0.143. The van der Waals surface area contributed by atoms with E-state index in [0.29, 0.717) is 12.0 Å². The SMILES string of the molecule is CC(C)OC(=O)C1=CC[C@@H]2[C@@H](C1)c1c(O)cc(C(C)(C)C)cc1OC2(C)C. The summed E-state index contributed by atoms with van der Waals surface area (Å²) >= 11 is 0. The van der Waals surface area contributed by atoms with Crippen molar-refractivity contribution >= 4 is 5.97 Å². The Hall–Kier alpha value is -1.97. The lowest BCUT2D eigenvalue weighted by Crippen LogP contribution is -2.46. The number of rotatable bonds is 2. The predicted molar refractivity (Wildman–Crippen MR) is 106 cm³/mol. The molecule has 2 atom stereocenters. The highest BCUT2D eigenvalue weighted by Gasteiger charge is 2.47. The van der Waals surface area contributed by atoms with Gasteiger partial charge in [0.2, 0.25) is 0 Å². The van der Waals surface area contributed by atoms with Crippen molar-refractivity contribution in [1.29, 1.82) is 0 Å². The Labute approximate surface area is 162 Å². The number of aromatic hydroxyl groups is 1. The summed E-state index contributed by atoms with van der Waals surface area (Å²) in [5.41, 5.74) is 2.11. The third kappa shape index (κ3) is 3.71. The minimum atomic E-state index is -0.370. The molecule has 1 N–H and O–H groups in total. The largest absolute Gasteiger partial charge is 0.508 e. The van der Waals surface area contributed by atoms with E-state index in [-0.39, 0.29) is 40.7 Å². The number of esters is 1. The Morgan fingerprint density at radius 2 is 1.96 bits per heavy atom. The van der Waals surface area contributed by atoms with Gasteiger partial charge in [0.05, 0.1) is 6.10 Å². The number of carbonyl (C=O) groups excluding carboxylic acids is 1. The van der Waals surface area contributed by atoms with Gasteiger partial charge in [-0.2, -0.15) is 0 Å². The van der Waals surface area contributed by atoms with E-state index in [2.05, 4.69) is 40.7 Å². The van der Waals surface area contributed by atoms with E-state index in [1.807, 2.05) is 26.0 Å². The molecule has 0 aromatic heterocycles. The average Bonchev–Trinajstić information content (AvgIpc) is 2.51. The van der Waals surface area contributed by atoms with Crippen LogP contribution in [-0.4, -0.2) is 22.8 Å². The molecular weight excluding hydrogens is 340 g/mol. The summed E-state index contributed by atoms with van der Waals surface area (Å²) in [6, 6.07) is 3.90. The van der Waals surface area contributed by atoms with Crippen LogP contribution in [0, 0.1) is 5.92 Å². The monoisotopic (exact) mass is 372 g/mol. The molecule has 1 aliphatic heterocycles. The molecule has 0 fully saturated rings. The fraction of sp³-hybridized carbons (Fsp3) is 0.609. The van der Waals surface area contributed by atoms with E-state index < -0.39 is 0 Å². The number of hydrogen-bond acceptors (Lipinski definition) is 4. The smallest absolute Gasteiger partial charge is 0.333 e. The average molecular weight is 373 g/mol. The maximum atomic E-state index is 12.4. The standard InChI is InChI=1S/C23H32O4/c1-13(2)26-21(25)14-8-9-17-16(10-14)20-18(24)11-15(22(3,4)5)12-19(20)27-23(17,6)7/h8,11-13,16-17,24H,9-10H2,1-7H3/t16-,17-/m1/s1. The van der Waals surface area contributed by atoms with Crippen molar-refractivity contribution in [2.45, 2.75) is 84.3 Å². The summed E-state index contributed by atoms with van der Waals surface area (Å²) in [5.74, 6) is 0.996. The summed E-state index contributed by atoms with van der Waals surface area (Å²) in [6.07, 6.45) is 3.15. The van der Waals surface area contributed by atoms with E-state index in [4.69, 9.17) is 9.47 Å². The van der Waals surface area contributed by atoms with Crippen LogP contribution in [0.4, 0.5) is 0 Å². The summed E-state index contributed by atoms with van der Waals surface area (Å²) in [6.45, 7) is 14.3. The van der Waals surface area contributed by atoms with Gasteiger partial charge in [0.25, 0.3) is 0 Å². The van der Waals surface area contributed by atoms with Crippen LogP contribution < -0.4 is 4.74 Å². The van der Waals surface area contributed by atoms with Crippen molar-refractivity contribution in [3.63, 3.8) is 0 Å². The zero-order chi connectivity index (χ0) is 20.1. The van der Waals surface area contributed by atoms with Crippen LogP contribution in [0.25, 0.3) is 0 Å². The van der Waals surface area contributed by atoms with Gasteiger partial charge in [-0.1, -0.05) is 26.8 Å². The van der Waals surface area contributed by atoms with Crippen molar-refractivity contribution in [3.8, 4) is 11.5 Å². The minimum Gasteiger partial charge on any atom is -0.508 e. The van der Waals surface area contributed by atoms with Crippen molar-refractivity contribution in [1.82, 2.24) is 0 Å². The van der Waals surface area contributed by atoms with Gasteiger partial charge in [-0.15, -0.1) is 0 Å². The van der Waals surface area contributed by atoms with Gasteiger partial charge in [0.15, 0.2) is 0 Å². The first-order valence-corrected chi connectivity index (χ1v) is 9.86. The van der Waals surface area contributed by atoms with Crippen LogP contribution in [0.5, 0.6) is 11.5 Å². The number of benzene rings is 1. The second-order valence-corrected chi connectivity index (χ2v) is 9.70. The molecule has 1 aromatic rings. The third-order valence-electron chi connectivity index (χ3n) is 5.77. The Morgan fingerprint density at radius 1 is 1.30 bits per heavy atom. The first-order chi connectivity index (χ1) is 12.4. The summed E-state index contributed by atoms with van der Waals surface area (Å²) in [4.78, 5) is 12.4. The van der Waals surface area contributed by atoms with Crippen LogP contribution >= 0.6 is 0 Å². The molecule has 0 saturated heterocycles. The quantitative estimate of drug-likeness (QED) is 0.722. The molecule has 2 aliphatic rings. The molecule has 1 aliphatic carbocycles. The van der Waals surface area contributed by atoms with Crippen molar-refractivity contribution in [2.24, 2.45) is 5.92 Å². The van der Waals surface area contributed by atoms with Crippen LogP contribution in [0.1, 0.15) is 78.4 Å². The number of carbonyl (C=O) groups is 1. The minimum absolute atomic E-state index is 0.0393. The highest BCUT2D eigenvalue weighted by Crippen LogP contribution is 2.54. The van der Waals surface area contributed by atoms with Gasteiger partial charge in [-0.25, -0.2) is 4.79 Å². The van der Waals surface area contributed by atoms with Gasteiger partial charge in [-0.05, 0) is 63.6 Å². The summed E-state index contributed by atoms with van der Waals surface area (Å²) < 4.78 is 11.8. The Morgan fingerprint density at radius 3 is 2.56 bits per heavy atom. The van der Waals surface area contributed by atoms with E-state index >= 15 is 0 Å². The number of phenolic OH excluding ortho intramolecular Hbond substituents is 1. The molecular formula is C23H32O4. The number of allylic oxidation sites excluding steroid dienone is 1. The van der Waals surface area contributed by atoms with Gasteiger partial charge < -0.3 is 14.6 Å².